The summed E-state index contributed by atoms with van der Waals surface area (Å²) in [6.45, 7) is 6.14. The van der Waals surface area contributed by atoms with Gasteiger partial charge in [0.25, 0.3) is 0 Å². The monoisotopic (exact) mass is 239 g/mol. The second kappa shape index (κ2) is 6.25. The van der Waals surface area contributed by atoms with Gasteiger partial charge in [0.2, 0.25) is 0 Å². The molecule has 0 spiro atoms. The van der Waals surface area contributed by atoms with Crippen molar-refractivity contribution in [2.24, 2.45) is 0 Å². The Labute approximate surface area is 109 Å². The van der Waals surface area contributed by atoms with Gasteiger partial charge < -0.3 is 4.74 Å². The van der Waals surface area contributed by atoms with Crippen molar-refractivity contribution in [1.82, 2.24) is 0 Å². The largest absolute Gasteiger partial charge is 0.457 e. The van der Waals surface area contributed by atoms with E-state index < -0.39 is 0 Å². The molecule has 2 aromatic rings. The summed E-state index contributed by atoms with van der Waals surface area (Å²) in [6.07, 6.45) is 2.07. The van der Waals surface area contributed by atoms with E-state index in [-0.39, 0.29) is 0 Å². The van der Waals surface area contributed by atoms with E-state index in [2.05, 4.69) is 26.0 Å². The molecule has 0 saturated carbocycles. The maximum Gasteiger partial charge on any atom is 0.127 e. The number of benzene rings is 2. The van der Waals surface area contributed by atoms with Crippen molar-refractivity contribution in [2.75, 3.05) is 0 Å². The average molecular weight is 239 g/mol. The van der Waals surface area contributed by atoms with E-state index in [0.29, 0.717) is 5.92 Å². The van der Waals surface area contributed by atoms with E-state index >= 15 is 0 Å². The molecule has 2 rings (SSSR count). The van der Waals surface area contributed by atoms with E-state index in [1.54, 1.807) is 0 Å². The van der Waals surface area contributed by atoms with Gasteiger partial charge in [-0.25, -0.2) is 0 Å². The lowest BCUT2D eigenvalue weighted by atomic mass is 9.96. The quantitative estimate of drug-likeness (QED) is 0.697. The molecule has 0 saturated heterocycles. The van der Waals surface area contributed by atoms with Crippen LogP contribution in [-0.4, -0.2) is 0 Å². The molecule has 1 atom stereocenters. The molecule has 93 valence electrons. The predicted octanol–water partition coefficient (Wildman–Crippen LogP) is 5.20. The van der Waals surface area contributed by atoms with Gasteiger partial charge in [-0.05, 0) is 42.2 Å². The minimum absolute atomic E-state index is 0.529. The van der Waals surface area contributed by atoms with Crippen LogP contribution in [0.2, 0.25) is 0 Å². The summed E-state index contributed by atoms with van der Waals surface area (Å²) in [5.74, 6) is 2.30. The third-order valence-corrected chi connectivity index (χ3v) is 3.04. The SMILES string of the molecule is [CH2]CCC(C)c1cccc(Oc2ccccc2)c1. The highest BCUT2D eigenvalue weighted by Crippen LogP contribution is 2.27. The van der Waals surface area contributed by atoms with Crippen LogP contribution in [0.5, 0.6) is 11.5 Å². The molecule has 0 aliphatic carbocycles. The molecule has 0 aliphatic heterocycles. The zero-order valence-electron chi connectivity index (χ0n) is 10.8. The second-order valence-corrected chi connectivity index (χ2v) is 4.53. The molecule has 1 heteroatoms. The smallest absolute Gasteiger partial charge is 0.127 e. The van der Waals surface area contributed by atoms with Gasteiger partial charge >= 0.3 is 0 Å². The molecule has 0 N–H and O–H groups in total. The molecule has 1 unspecified atom stereocenters. The number of rotatable bonds is 5. The van der Waals surface area contributed by atoms with Crippen molar-refractivity contribution in [1.29, 1.82) is 0 Å². The van der Waals surface area contributed by atoms with Crippen molar-refractivity contribution in [2.45, 2.75) is 25.7 Å². The highest BCUT2D eigenvalue weighted by Gasteiger charge is 2.05. The summed E-state index contributed by atoms with van der Waals surface area (Å²) in [5.41, 5.74) is 1.31. The first-order valence-electron chi connectivity index (χ1n) is 6.41. The Morgan fingerprint density at radius 2 is 1.72 bits per heavy atom. The minimum Gasteiger partial charge on any atom is -0.457 e. The van der Waals surface area contributed by atoms with Gasteiger partial charge in [-0.1, -0.05) is 50.6 Å². The molecule has 1 radical (unpaired) electrons. The van der Waals surface area contributed by atoms with Crippen molar-refractivity contribution in [3.05, 3.63) is 67.1 Å². The zero-order valence-corrected chi connectivity index (χ0v) is 10.8. The zero-order chi connectivity index (χ0) is 12.8. The van der Waals surface area contributed by atoms with Crippen LogP contribution in [-0.2, 0) is 0 Å². The Hall–Kier alpha value is -1.76. The molecule has 2 aromatic carbocycles. The Balaban J connectivity index is 2.12. The van der Waals surface area contributed by atoms with E-state index in [9.17, 15) is 0 Å². The average Bonchev–Trinajstić information content (AvgIpc) is 2.40. The minimum atomic E-state index is 0.529. The Bertz CT molecular complexity index is 476. The lowest BCUT2D eigenvalue weighted by Gasteiger charge is -2.12. The molecule has 0 heterocycles. The third-order valence-electron chi connectivity index (χ3n) is 3.04. The Morgan fingerprint density at radius 1 is 1.00 bits per heavy atom. The number of hydrogen-bond acceptors (Lipinski definition) is 1. The highest BCUT2D eigenvalue weighted by molar-refractivity contribution is 5.35. The van der Waals surface area contributed by atoms with Crippen LogP contribution in [0.25, 0.3) is 0 Å². The number of ether oxygens (including phenoxy) is 1. The van der Waals surface area contributed by atoms with Crippen LogP contribution in [0.1, 0.15) is 31.2 Å². The van der Waals surface area contributed by atoms with Crippen LogP contribution in [0.15, 0.2) is 54.6 Å². The third kappa shape index (κ3) is 3.36. The first-order chi connectivity index (χ1) is 8.79. The van der Waals surface area contributed by atoms with Crippen molar-refractivity contribution >= 4 is 0 Å². The van der Waals surface area contributed by atoms with E-state index in [1.165, 1.54) is 5.56 Å². The van der Waals surface area contributed by atoms with Gasteiger partial charge in [0, 0.05) is 0 Å². The summed E-state index contributed by atoms with van der Waals surface area (Å²) in [5, 5.41) is 0. The van der Waals surface area contributed by atoms with E-state index in [4.69, 9.17) is 4.74 Å². The normalized spacial score (nSPS) is 12.1. The van der Waals surface area contributed by atoms with Crippen LogP contribution in [0, 0.1) is 6.92 Å². The van der Waals surface area contributed by atoms with E-state index in [0.717, 1.165) is 24.3 Å². The second-order valence-electron chi connectivity index (χ2n) is 4.53. The van der Waals surface area contributed by atoms with Gasteiger partial charge in [-0.3, -0.25) is 0 Å². The first kappa shape index (κ1) is 12.7. The molecule has 0 amide bonds. The van der Waals surface area contributed by atoms with Crippen molar-refractivity contribution in [3.8, 4) is 11.5 Å². The van der Waals surface area contributed by atoms with Crippen molar-refractivity contribution in [3.63, 3.8) is 0 Å². The summed E-state index contributed by atoms with van der Waals surface area (Å²) < 4.78 is 5.83. The summed E-state index contributed by atoms with van der Waals surface area (Å²) >= 11 is 0. The van der Waals surface area contributed by atoms with Crippen LogP contribution < -0.4 is 4.74 Å². The van der Waals surface area contributed by atoms with Gasteiger partial charge in [-0.15, -0.1) is 0 Å². The van der Waals surface area contributed by atoms with E-state index in [1.807, 2.05) is 42.5 Å². The fourth-order valence-corrected chi connectivity index (χ4v) is 1.98. The van der Waals surface area contributed by atoms with Gasteiger partial charge in [-0.2, -0.15) is 0 Å². The van der Waals surface area contributed by atoms with Crippen LogP contribution >= 0.6 is 0 Å². The molecule has 18 heavy (non-hydrogen) atoms. The van der Waals surface area contributed by atoms with Crippen LogP contribution in [0.4, 0.5) is 0 Å². The highest BCUT2D eigenvalue weighted by atomic mass is 16.5. The fourth-order valence-electron chi connectivity index (χ4n) is 1.98. The molecule has 0 aliphatic rings. The molecule has 0 bridgehead atoms. The molecule has 1 nitrogen and oxygen atoms in total. The summed E-state index contributed by atoms with van der Waals surface area (Å²) in [6, 6.07) is 18.2. The fraction of sp³-hybridized carbons (Fsp3) is 0.235. The summed E-state index contributed by atoms with van der Waals surface area (Å²) in [7, 11) is 0. The Kier molecular flexibility index (Phi) is 4.40. The lowest BCUT2D eigenvalue weighted by molar-refractivity contribution is 0.481. The lowest BCUT2D eigenvalue weighted by Crippen LogP contribution is -1.93. The number of para-hydroxylation sites is 1. The predicted molar refractivity (Wildman–Crippen MR) is 76.0 cm³/mol. The van der Waals surface area contributed by atoms with Gasteiger partial charge in [0.1, 0.15) is 11.5 Å². The standard InChI is InChI=1S/C17H19O/c1-3-8-14(2)15-9-7-12-17(13-15)18-16-10-5-4-6-11-16/h4-7,9-14H,1,3,8H2,2H3. The van der Waals surface area contributed by atoms with Gasteiger partial charge in [0.15, 0.2) is 0 Å². The molecular weight excluding hydrogens is 220 g/mol. The summed E-state index contributed by atoms with van der Waals surface area (Å²) in [4.78, 5) is 0. The number of hydrogen-bond donors (Lipinski definition) is 0. The first-order valence-corrected chi connectivity index (χ1v) is 6.41. The maximum absolute atomic E-state index is 5.83. The van der Waals surface area contributed by atoms with Crippen LogP contribution in [0.3, 0.4) is 0 Å². The molecule has 0 aromatic heterocycles. The topological polar surface area (TPSA) is 9.23 Å². The Morgan fingerprint density at radius 3 is 2.44 bits per heavy atom. The maximum atomic E-state index is 5.83. The van der Waals surface area contributed by atoms with Gasteiger partial charge in [0.05, 0.1) is 0 Å². The molecular formula is C17H19O. The molecule has 0 fully saturated rings. The van der Waals surface area contributed by atoms with Crippen molar-refractivity contribution < 1.29 is 4.74 Å².